The van der Waals surface area contributed by atoms with Gasteiger partial charge in [0.2, 0.25) is 0 Å². The van der Waals surface area contributed by atoms with Crippen molar-refractivity contribution < 1.29 is 8.78 Å². The number of rotatable bonds is 3. The van der Waals surface area contributed by atoms with E-state index in [1.165, 1.54) is 6.07 Å². The Morgan fingerprint density at radius 3 is 2.29 bits per heavy atom. The minimum absolute atomic E-state index is 0.0931. The van der Waals surface area contributed by atoms with Gasteiger partial charge in [0.1, 0.15) is 11.6 Å². The van der Waals surface area contributed by atoms with Gasteiger partial charge in [0.15, 0.2) is 0 Å². The molecule has 0 aliphatic rings. The summed E-state index contributed by atoms with van der Waals surface area (Å²) < 4.78 is 26.6. The molecule has 0 unspecified atom stereocenters. The van der Waals surface area contributed by atoms with E-state index in [2.05, 4.69) is 0 Å². The zero-order chi connectivity index (χ0) is 15.4. The predicted molar refractivity (Wildman–Crippen MR) is 80.6 cm³/mol. The monoisotopic (exact) mass is 284 g/mol. The lowest BCUT2D eigenvalue weighted by Gasteiger charge is -2.12. The summed E-state index contributed by atoms with van der Waals surface area (Å²) in [5.74, 6) is -1.41. The lowest BCUT2D eigenvalue weighted by atomic mass is 10.0. The molecular formula is C17H14F2N2. The fraction of sp³-hybridized carbons (Fsp3) is 0.118. The fourth-order valence-corrected chi connectivity index (χ4v) is 1.91. The molecule has 2 aromatic carbocycles. The van der Waals surface area contributed by atoms with E-state index >= 15 is 0 Å². The van der Waals surface area contributed by atoms with Crippen molar-refractivity contribution in [2.24, 2.45) is 0 Å². The van der Waals surface area contributed by atoms with Crippen LogP contribution >= 0.6 is 0 Å². The summed E-state index contributed by atoms with van der Waals surface area (Å²) in [6.45, 7) is 0. The molecule has 2 aromatic rings. The Hall–Kier alpha value is -2.67. The van der Waals surface area contributed by atoms with E-state index in [-0.39, 0.29) is 11.1 Å². The van der Waals surface area contributed by atoms with Crippen LogP contribution in [0.3, 0.4) is 0 Å². The molecule has 106 valence electrons. The largest absolute Gasteiger partial charge is 0.378 e. The van der Waals surface area contributed by atoms with E-state index in [0.29, 0.717) is 0 Å². The van der Waals surface area contributed by atoms with Gasteiger partial charge in [-0.1, -0.05) is 12.1 Å². The third-order valence-corrected chi connectivity index (χ3v) is 3.06. The second kappa shape index (κ2) is 6.19. The van der Waals surface area contributed by atoms with Gasteiger partial charge in [0, 0.05) is 31.4 Å². The molecule has 0 fully saturated rings. The highest BCUT2D eigenvalue weighted by molar-refractivity contribution is 5.89. The molecule has 0 aliphatic heterocycles. The highest BCUT2D eigenvalue weighted by Gasteiger charge is 2.09. The second-order valence-corrected chi connectivity index (χ2v) is 4.78. The number of anilines is 1. The molecular weight excluding hydrogens is 270 g/mol. The molecule has 0 saturated heterocycles. The van der Waals surface area contributed by atoms with Crippen molar-refractivity contribution in [2.45, 2.75) is 0 Å². The topological polar surface area (TPSA) is 27.0 Å². The van der Waals surface area contributed by atoms with E-state index < -0.39 is 11.6 Å². The first kappa shape index (κ1) is 14.7. The number of benzene rings is 2. The van der Waals surface area contributed by atoms with E-state index in [0.717, 1.165) is 23.4 Å². The van der Waals surface area contributed by atoms with E-state index in [9.17, 15) is 14.0 Å². The summed E-state index contributed by atoms with van der Waals surface area (Å²) in [5.41, 5.74) is 2.06. The van der Waals surface area contributed by atoms with Gasteiger partial charge >= 0.3 is 0 Å². The first-order valence-electron chi connectivity index (χ1n) is 6.36. The van der Waals surface area contributed by atoms with Gasteiger partial charge in [-0.2, -0.15) is 5.26 Å². The quantitative estimate of drug-likeness (QED) is 0.627. The Morgan fingerprint density at radius 2 is 1.76 bits per heavy atom. The zero-order valence-electron chi connectivity index (χ0n) is 11.8. The fourth-order valence-electron chi connectivity index (χ4n) is 1.91. The molecule has 2 nitrogen and oxygen atoms in total. The molecule has 0 radical (unpaired) electrons. The first-order chi connectivity index (χ1) is 10.0. The Bertz CT molecular complexity index is 711. The highest BCUT2D eigenvalue weighted by Crippen LogP contribution is 2.22. The van der Waals surface area contributed by atoms with Crippen LogP contribution in [0.2, 0.25) is 0 Å². The van der Waals surface area contributed by atoms with Crippen molar-refractivity contribution in [3.8, 4) is 6.07 Å². The summed E-state index contributed by atoms with van der Waals surface area (Å²) in [5, 5.41) is 9.19. The second-order valence-electron chi connectivity index (χ2n) is 4.78. The third kappa shape index (κ3) is 3.46. The molecule has 0 bridgehead atoms. The molecule has 0 N–H and O–H groups in total. The van der Waals surface area contributed by atoms with Crippen LogP contribution in [0.4, 0.5) is 14.5 Å². The van der Waals surface area contributed by atoms with Gasteiger partial charge in [0.05, 0.1) is 11.6 Å². The van der Waals surface area contributed by atoms with Crippen LogP contribution in [0.15, 0.2) is 42.5 Å². The molecule has 21 heavy (non-hydrogen) atoms. The highest BCUT2D eigenvalue weighted by atomic mass is 19.1. The van der Waals surface area contributed by atoms with Crippen molar-refractivity contribution in [3.63, 3.8) is 0 Å². The SMILES string of the molecule is CN(C)c1ccc(/C=C(\C#N)c2ccc(F)cc2F)cc1. The smallest absolute Gasteiger partial charge is 0.134 e. The Balaban J connectivity index is 2.39. The number of allylic oxidation sites excluding steroid dienone is 1. The average molecular weight is 284 g/mol. The molecule has 0 aromatic heterocycles. The number of halogens is 2. The maximum Gasteiger partial charge on any atom is 0.134 e. The molecule has 0 amide bonds. The van der Waals surface area contributed by atoms with Crippen molar-refractivity contribution in [1.29, 1.82) is 5.26 Å². The summed E-state index contributed by atoms with van der Waals surface area (Å²) >= 11 is 0. The molecule has 0 atom stereocenters. The maximum atomic E-state index is 13.7. The van der Waals surface area contributed by atoms with Gasteiger partial charge in [-0.15, -0.1) is 0 Å². The normalized spacial score (nSPS) is 11.1. The lowest BCUT2D eigenvalue weighted by molar-refractivity contribution is 0.581. The van der Waals surface area contributed by atoms with Crippen LogP contribution in [-0.2, 0) is 0 Å². The van der Waals surface area contributed by atoms with Crippen LogP contribution in [-0.4, -0.2) is 14.1 Å². The molecule has 2 rings (SSSR count). The van der Waals surface area contributed by atoms with E-state index in [1.54, 1.807) is 6.08 Å². The predicted octanol–water partition coefficient (Wildman–Crippen LogP) is 4.09. The van der Waals surface area contributed by atoms with Gasteiger partial charge in [-0.05, 0) is 35.9 Å². The van der Waals surface area contributed by atoms with Gasteiger partial charge < -0.3 is 4.90 Å². The summed E-state index contributed by atoms with van der Waals surface area (Å²) in [7, 11) is 3.86. The molecule has 0 heterocycles. The van der Waals surface area contributed by atoms with Crippen molar-refractivity contribution in [1.82, 2.24) is 0 Å². The Kier molecular flexibility index (Phi) is 4.34. The number of hydrogen-bond donors (Lipinski definition) is 0. The zero-order valence-corrected chi connectivity index (χ0v) is 11.8. The molecule has 0 aliphatic carbocycles. The van der Waals surface area contributed by atoms with Gasteiger partial charge in [0.25, 0.3) is 0 Å². The maximum absolute atomic E-state index is 13.7. The molecule has 4 heteroatoms. The summed E-state index contributed by atoms with van der Waals surface area (Å²) in [4.78, 5) is 1.96. The number of hydrogen-bond acceptors (Lipinski definition) is 2. The summed E-state index contributed by atoms with van der Waals surface area (Å²) in [6.07, 6.45) is 1.58. The van der Waals surface area contributed by atoms with Crippen LogP contribution in [0.1, 0.15) is 11.1 Å². The minimum Gasteiger partial charge on any atom is -0.378 e. The van der Waals surface area contributed by atoms with Crippen LogP contribution in [0.5, 0.6) is 0 Å². The molecule has 0 saturated carbocycles. The van der Waals surface area contributed by atoms with Crippen molar-refractivity contribution >= 4 is 17.3 Å². The first-order valence-corrected chi connectivity index (χ1v) is 6.36. The van der Waals surface area contributed by atoms with Gasteiger partial charge in [-0.25, -0.2) is 8.78 Å². The van der Waals surface area contributed by atoms with Crippen LogP contribution < -0.4 is 4.90 Å². The average Bonchev–Trinajstić information content (AvgIpc) is 2.46. The summed E-state index contributed by atoms with van der Waals surface area (Å²) in [6, 6.07) is 12.6. The van der Waals surface area contributed by atoms with Crippen molar-refractivity contribution in [2.75, 3.05) is 19.0 Å². The van der Waals surface area contributed by atoms with E-state index in [1.807, 2.05) is 49.3 Å². The van der Waals surface area contributed by atoms with Crippen LogP contribution in [0.25, 0.3) is 11.6 Å². The lowest BCUT2D eigenvalue weighted by Crippen LogP contribution is -2.07. The number of nitrogens with zero attached hydrogens (tertiary/aromatic N) is 2. The minimum atomic E-state index is -0.743. The molecule has 0 spiro atoms. The van der Waals surface area contributed by atoms with E-state index in [4.69, 9.17) is 0 Å². The van der Waals surface area contributed by atoms with Crippen molar-refractivity contribution in [3.05, 3.63) is 65.2 Å². The standard InChI is InChI=1S/C17H14F2N2/c1-21(2)15-6-3-12(4-7-15)9-13(11-20)16-8-5-14(18)10-17(16)19/h3-10H,1-2H3/b13-9+. The Morgan fingerprint density at radius 1 is 1.10 bits per heavy atom. The van der Waals surface area contributed by atoms with Gasteiger partial charge in [-0.3, -0.25) is 0 Å². The number of nitriles is 1. The Labute approximate surface area is 122 Å². The third-order valence-electron chi connectivity index (χ3n) is 3.06. The van der Waals surface area contributed by atoms with Crippen LogP contribution in [0, 0.1) is 23.0 Å².